The molecule has 0 bridgehead atoms. The van der Waals surface area contributed by atoms with E-state index >= 15 is 0 Å². The van der Waals surface area contributed by atoms with Crippen LogP contribution in [0.1, 0.15) is 25.6 Å². The molecular formula is C14H19N3. The summed E-state index contributed by atoms with van der Waals surface area (Å²) in [7, 11) is 0. The lowest BCUT2D eigenvalue weighted by Gasteiger charge is -2.15. The fraction of sp³-hybridized carbons (Fsp3) is 0.357. The molecule has 0 saturated heterocycles. The molecule has 0 saturated carbocycles. The number of imidazole rings is 1. The number of nitrogens with one attached hydrogen (secondary N) is 1. The Hall–Kier alpha value is -1.61. The fourth-order valence-corrected chi connectivity index (χ4v) is 1.99. The second-order valence-electron chi connectivity index (χ2n) is 4.63. The number of H-pyrrole nitrogens is 1. The Morgan fingerprint density at radius 3 is 2.53 bits per heavy atom. The van der Waals surface area contributed by atoms with E-state index in [1.807, 2.05) is 24.4 Å². The van der Waals surface area contributed by atoms with Crippen LogP contribution < -0.4 is 5.73 Å². The molecule has 1 atom stereocenters. The quantitative estimate of drug-likeness (QED) is 0.847. The van der Waals surface area contributed by atoms with Crippen LogP contribution in [0.3, 0.4) is 0 Å². The Morgan fingerprint density at radius 1 is 1.24 bits per heavy atom. The number of hydrogen-bond donors (Lipinski definition) is 2. The van der Waals surface area contributed by atoms with Gasteiger partial charge in [0, 0.05) is 12.5 Å². The third-order valence-corrected chi connectivity index (χ3v) is 3.09. The summed E-state index contributed by atoms with van der Waals surface area (Å²) in [6, 6.07) is 10.2. The summed E-state index contributed by atoms with van der Waals surface area (Å²) in [6.45, 7) is 4.96. The van der Waals surface area contributed by atoms with E-state index in [1.54, 1.807) is 0 Å². The second kappa shape index (κ2) is 5.15. The summed E-state index contributed by atoms with van der Waals surface area (Å²) >= 11 is 0. The van der Waals surface area contributed by atoms with E-state index in [0.717, 1.165) is 17.1 Å². The lowest BCUT2D eigenvalue weighted by atomic mass is 9.95. The van der Waals surface area contributed by atoms with Gasteiger partial charge in [-0.25, -0.2) is 4.98 Å². The molecule has 0 aliphatic carbocycles. The molecule has 90 valence electrons. The molecule has 3 N–H and O–H groups in total. The molecule has 3 heteroatoms. The molecule has 0 amide bonds. The largest absolute Gasteiger partial charge is 0.342 e. The number of hydrogen-bond acceptors (Lipinski definition) is 2. The maximum atomic E-state index is 5.79. The number of benzene rings is 1. The smallest absolute Gasteiger partial charge is 0.111 e. The highest BCUT2D eigenvalue weighted by Gasteiger charge is 2.17. The van der Waals surface area contributed by atoms with E-state index in [4.69, 9.17) is 5.73 Å². The van der Waals surface area contributed by atoms with E-state index in [2.05, 4.69) is 35.9 Å². The van der Waals surface area contributed by atoms with Crippen molar-refractivity contribution in [3.63, 3.8) is 0 Å². The predicted octanol–water partition coefficient (Wildman–Crippen LogP) is 2.78. The lowest BCUT2D eigenvalue weighted by Crippen LogP contribution is -2.19. The fourth-order valence-electron chi connectivity index (χ4n) is 1.99. The van der Waals surface area contributed by atoms with Crippen molar-refractivity contribution in [2.24, 2.45) is 11.7 Å². The first kappa shape index (κ1) is 11.9. The number of nitrogens with zero attached hydrogens (tertiary/aromatic N) is 1. The lowest BCUT2D eigenvalue weighted by molar-refractivity contribution is 0.487. The molecule has 0 spiro atoms. The zero-order chi connectivity index (χ0) is 12.3. The maximum Gasteiger partial charge on any atom is 0.111 e. The number of nitrogens with two attached hydrogens (primary N) is 1. The van der Waals surface area contributed by atoms with Gasteiger partial charge in [0.2, 0.25) is 0 Å². The van der Waals surface area contributed by atoms with Crippen LogP contribution in [-0.4, -0.2) is 16.5 Å². The maximum absolute atomic E-state index is 5.79. The summed E-state index contributed by atoms with van der Waals surface area (Å²) in [5.74, 6) is 1.78. The van der Waals surface area contributed by atoms with Crippen LogP contribution in [0.15, 0.2) is 36.5 Å². The molecule has 0 fully saturated rings. The molecule has 1 unspecified atom stereocenters. The van der Waals surface area contributed by atoms with E-state index in [-0.39, 0.29) is 0 Å². The highest BCUT2D eigenvalue weighted by atomic mass is 14.9. The molecule has 0 aliphatic heterocycles. The Bertz CT molecular complexity index is 459. The molecule has 17 heavy (non-hydrogen) atoms. The molecule has 2 aromatic rings. The highest BCUT2D eigenvalue weighted by molar-refractivity contribution is 5.58. The summed E-state index contributed by atoms with van der Waals surface area (Å²) in [5.41, 5.74) is 8.01. The Labute approximate surface area is 102 Å². The number of aromatic amines is 1. The van der Waals surface area contributed by atoms with Crippen LogP contribution in [-0.2, 0) is 0 Å². The van der Waals surface area contributed by atoms with Gasteiger partial charge >= 0.3 is 0 Å². The first-order chi connectivity index (χ1) is 8.22. The minimum Gasteiger partial charge on any atom is -0.342 e. The van der Waals surface area contributed by atoms with Crippen LogP contribution in [0, 0.1) is 5.92 Å². The molecule has 2 rings (SSSR count). The second-order valence-corrected chi connectivity index (χ2v) is 4.63. The van der Waals surface area contributed by atoms with E-state index in [9.17, 15) is 0 Å². The molecule has 3 nitrogen and oxygen atoms in total. The standard InChI is InChI=1S/C14H19N3/c1-10(2)12(8-15)14-16-9-13(17-14)11-6-4-3-5-7-11/h3-7,9-10,12H,8,15H2,1-2H3,(H,16,17). The summed E-state index contributed by atoms with van der Waals surface area (Å²) in [4.78, 5) is 7.82. The third kappa shape index (κ3) is 2.56. The van der Waals surface area contributed by atoms with Gasteiger partial charge in [0.05, 0.1) is 11.9 Å². The van der Waals surface area contributed by atoms with Crippen molar-refractivity contribution in [1.82, 2.24) is 9.97 Å². The Kier molecular flexibility index (Phi) is 3.59. The Balaban J connectivity index is 2.27. The van der Waals surface area contributed by atoms with Crippen molar-refractivity contribution < 1.29 is 0 Å². The van der Waals surface area contributed by atoms with Crippen molar-refractivity contribution in [2.45, 2.75) is 19.8 Å². The highest BCUT2D eigenvalue weighted by Crippen LogP contribution is 2.23. The number of aromatic nitrogens is 2. The minimum absolute atomic E-state index is 0.299. The van der Waals surface area contributed by atoms with Crippen molar-refractivity contribution >= 4 is 0 Å². The minimum atomic E-state index is 0.299. The van der Waals surface area contributed by atoms with Gasteiger partial charge in [-0.15, -0.1) is 0 Å². The summed E-state index contributed by atoms with van der Waals surface area (Å²) < 4.78 is 0. The van der Waals surface area contributed by atoms with Gasteiger partial charge in [0.25, 0.3) is 0 Å². The van der Waals surface area contributed by atoms with E-state index in [0.29, 0.717) is 18.4 Å². The summed E-state index contributed by atoms with van der Waals surface area (Å²) in [6.07, 6.45) is 1.88. The van der Waals surface area contributed by atoms with Crippen molar-refractivity contribution in [3.05, 3.63) is 42.4 Å². The van der Waals surface area contributed by atoms with E-state index in [1.165, 1.54) is 0 Å². The zero-order valence-electron chi connectivity index (χ0n) is 10.4. The Morgan fingerprint density at radius 2 is 1.94 bits per heavy atom. The molecule has 1 heterocycles. The monoisotopic (exact) mass is 229 g/mol. The van der Waals surface area contributed by atoms with Crippen LogP contribution >= 0.6 is 0 Å². The number of rotatable bonds is 4. The topological polar surface area (TPSA) is 54.7 Å². The van der Waals surface area contributed by atoms with Gasteiger partial charge in [-0.3, -0.25) is 0 Å². The molecule has 1 aromatic heterocycles. The van der Waals surface area contributed by atoms with Gasteiger partial charge in [-0.05, 0) is 11.5 Å². The SMILES string of the molecule is CC(C)C(CN)c1ncc(-c2ccccc2)[nH]1. The molecule has 0 radical (unpaired) electrons. The van der Waals surface area contributed by atoms with Crippen molar-refractivity contribution in [1.29, 1.82) is 0 Å². The van der Waals surface area contributed by atoms with Crippen molar-refractivity contribution in [3.8, 4) is 11.3 Å². The van der Waals surface area contributed by atoms with Gasteiger partial charge in [-0.1, -0.05) is 44.2 Å². The van der Waals surface area contributed by atoms with Crippen LogP contribution in [0.2, 0.25) is 0 Å². The summed E-state index contributed by atoms with van der Waals surface area (Å²) in [5, 5.41) is 0. The van der Waals surface area contributed by atoms with Gasteiger partial charge in [0.15, 0.2) is 0 Å². The van der Waals surface area contributed by atoms with Crippen LogP contribution in [0.5, 0.6) is 0 Å². The van der Waals surface area contributed by atoms with E-state index < -0.39 is 0 Å². The van der Waals surface area contributed by atoms with Crippen molar-refractivity contribution in [2.75, 3.05) is 6.54 Å². The van der Waals surface area contributed by atoms with Gasteiger partial charge in [-0.2, -0.15) is 0 Å². The zero-order valence-corrected chi connectivity index (χ0v) is 10.4. The van der Waals surface area contributed by atoms with Crippen LogP contribution in [0.25, 0.3) is 11.3 Å². The van der Waals surface area contributed by atoms with Crippen LogP contribution in [0.4, 0.5) is 0 Å². The normalized spacial score (nSPS) is 12.9. The van der Waals surface area contributed by atoms with Gasteiger partial charge in [0.1, 0.15) is 5.82 Å². The average Bonchev–Trinajstić information content (AvgIpc) is 2.80. The molecular weight excluding hydrogens is 210 g/mol. The first-order valence-corrected chi connectivity index (χ1v) is 6.02. The third-order valence-electron chi connectivity index (χ3n) is 3.09. The van der Waals surface area contributed by atoms with Gasteiger partial charge < -0.3 is 10.7 Å². The molecule has 0 aliphatic rings. The average molecular weight is 229 g/mol. The predicted molar refractivity (Wildman–Crippen MR) is 70.7 cm³/mol. The first-order valence-electron chi connectivity index (χ1n) is 6.02. The molecule has 1 aromatic carbocycles.